The number of thiol groups is 2. The number of hydrogen-bond acceptors (Lipinski definition) is 3. The summed E-state index contributed by atoms with van der Waals surface area (Å²) in [6, 6.07) is 5.90. The lowest BCUT2D eigenvalue weighted by Crippen LogP contribution is -2.19. The number of hydrogen-bond donors (Lipinski definition) is 3. The first kappa shape index (κ1) is 11.5. The molecule has 0 aliphatic rings. The zero-order chi connectivity index (χ0) is 10.7. The lowest BCUT2D eigenvalue weighted by Gasteiger charge is -2.10. The molecule has 0 heterocycles. The summed E-state index contributed by atoms with van der Waals surface area (Å²) in [6.45, 7) is 3.93. The second-order valence-electron chi connectivity index (χ2n) is 3.18. The molecule has 4 heteroatoms. The largest absolute Gasteiger partial charge is 0.324 e. The SMILES string of the molecule is Cc1ccc(C)c(NC(=O)C(S)S)c1. The number of anilines is 1. The Morgan fingerprint density at radius 2 is 2.00 bits per heavy atom. The van der Waals surface area contributed by atoms with Gasteiger partial charge in [0.05, 0.1) is 0 Å². The number of amides is 1. The van der Waals surface area contributed by atoms with Gasteiger partial charge in [-0.25, -0.2) is 0 Å². The van der Waals surface area contributed by atoms with Crippen molar-refractivity contribution < 1.29 is 4.79 Å². The van der Waals surface area contributed by atoms with Crippen LogP contribution in [0.3, 0.4) is 0 Å². The Hall–Kier alpha value is -0.610. The van der Waals surface area contributed by atoms with Crippen LogP contribution in [0.15, 0.2) is 18.2 Å². The molecule has 1 rings (SSSR count). The lowest BCUT2D eigenvalue weighted by molar-refractivity contribution is -0.114. The predicted molar refractivity (Wildman–Crippen MR) is 66.3 cm³/mol. The number of nitrogens with one attached hydrogen (secondary N) is 1. The van der Waals surface area contributed by atoms with Crippen molar-refractivity contribution in [1.82, 2.24) is 0 Å². The van der Waals surface area contributed by atoms with Gasteiger partial charge in [0, 0.05) is 5.69 Å². The van der Waals surface area contributed by atoms with Gasteiger partial charge in [0.25, 0.3) is 0 Å². The molecule has 2 nitrogen and oxygen atoms in total. The van der Waals surface area contributed by atoms with Gasteiger partial charge in [0.15, 0.2) is 0 Å². The number of carbonyl (C=O) groups excluding carboxylic acids is 1. The molecule has 0 saturated carbocycles. The van der Waals surface area contributed by atoms with Crippen LogP contribution in [0.1, 0.15) is 11.1 Å². The Kier molecular flexibility index (Phi) is 3.89. The first-order chi connectivity index (χ1) is 6.50. The molecule has 1 aromatic carbocycles. The molecule has 0 aliphatic carbocycles. The molecular weight excluding hydrogens is 214 g/mol. The number of carbonyl (C=O) groups is 1. The van der Waals surface area contributed by atoms with Gasteiger partial charge >= 0.3 is 0 Å². The molecule has 0 aromatic heterocycles. The average Bonchev–Trinajstić information content (AvgIpc) is 2.11. The molecule has 1 N–H and O–H groups in total. The topological polar surface area (TPSA) is 29.1 Å². The van der Waals surface area contributed by atoms with Crippen molar-refractivity contribution in [3.8, 4) is 0 Å². The predicted octanol–water partition coefficient (Wildman–Crippen LogP) is 2.43. The summed E-state index contributed by atoms with van der Waals surface area (Å²) in [5.41, 5.74) is 2.97. The quantitative estimate of drug-likeness (QED) is 0.526. The third-order valence-electron chi connectivity index (χ3n) is 1.89. The van der Waals surface area contributed by atoms with Gasteiger partial charge < -0.3 is 5.32 Å². The van der Waals surface area contributed by atoms with Crippen LogP contribution >= 0.6 is 25.3 Å². The fourth-order valence-corrected chi connectivity index (χ4v) is 1.20. The van der Waals surface area contributed by atoms with Crippen molar-refractivity contribution in [3.63, 3.8) is 0 Å². The van der Waals surface area contributed by atoms with Gasteiger partial charge in [0.2, 0.25) is 5.91 Å². The highest BCUT2D eigenvalue weighted by atomic mass is 32.2. The summed E-state index contributed by atoms with van der Waals surface area (Å²) >= 11 is 7.87. The number of rotatable bonds is 2. The molecular formula is C10H13NOS2. The maximum atomic E-state index is 11.3. The van der Waals surface area contributed by atoms with Crippen LogP contribution in [-0.4, -0.2) is 10.5 Å². The minimum atomic E-state index is -0.588. The highest BCUT2D eigenvalue weighted by molar-refractivity contribution is 8.00. The maximum absolute atomic E-state index is 11.3. The molecule has 0 spiro atoms. The second kappa shape index (κ2) is 4.75. The van der Waals surface area contributed by atoms with Crippen LogP contribution in [0.4, 0.5) is 5.69 Å². The molecule has 1 aromatic rings. The molecule has 0 bridgehead atoms. The van der Waals surface area contributed by atoms with Crippen molar-refractivity contribution in [2.45, 2.75) is 18.4 Å². The third-order valence-corrected chi connectivity index (χ3v) is 2.35. The Morgan fingerprint density at radius 3 is 2.57 bits per heavy atom. The van der Waals surface area contributed by atoms with E-state index in [1.807, 2.05) is 32.0 Å². The highest BCUT2D eigenvalue weighted by Gasteiger charge is 2.09. The first-order valence-corrected chi connectivity index (χ1v) is 5.28. The van der Waals surface area contributed by atoms with E-state index in [0.717, 1.165) is 16.8 Å². The molecule has 0 saturated heterocycles. The summed E-state index contributed by atoms with van der Waals surface area (Å²) in [5, 5.41) is 2.76. The molecule has 0 unspecified atom stereocenters. The van der Waals surface area contributed by atoms with Gasteiger partial charge in [-0.2, -0.15) is 25.3 Å². The van der Waals surface area contributed by atoms with Gasteiger partial charge in [-0.1, -0.05) is 12.1 Å². The van der Waals surface area contributed by atoms with Crippen molar-refractivity contribution >= 4 is 36.9 Å². The maximum Gasteiger partial charge on any atom is 0.247 e. The molecule has 1 amide bonds. The van der Waals surface area contributed by atoms with E-state index < -0.39 is 4.58 Å². The van der Waals surface area contributed by atoms with Crippen LogP contribution in [0.5, 0.6) is 0 Å². The molecule has 14 heavy (non-hydrogen) atoms. The van der Waals surface area contributed by atoms with Crippen molar-refractivity contribution in [1.29, 1.82) is 0 Å². The standard InChI is InChI=1S/C10H13NOS2/c1-6-3-4-7(2)8(5-6)11-9(12)10(13)14/h3-5,10,13-14H,1-2H3,(H,11,12). The highest BCUT2D eigenvalue weighted by Crippen LogP contribution is 2.17. The van der Waals surface area contributed by atoms with E-state index in [4.69, 9.17) is 0 Å². The molecule has 0 radical (unpaired) electrons. The molecule has 76 valence electrons. The zero-order valence-electron chi connectivity index (χ0n) is 8.11. The minimum Gasteiger partial charge on any atom is -0.324 e. The number of benzene rings is 1. The zero-order valence-corrected chi connectivity index (χ0v) is 9.90. The van der Waals surface area contributed by atoms with E-state index in [1.165, 1.54) is 0 Å². The molecule has 0 fully saturated rings. The second-order valence-corrected chi connectivity index (χ2v) is 4.62. The van der Waals surface area contributed by atoms with Crippen molar-refractivity contribution in [2.24, 2.45) is 0 Å². The average molecular weight is 227 g/mol. The lowest BCUT2D eigenvalue weighted by atomic mass is 10.1. The van der Waals surface area contributed by atoms with E-state index in [2.05, 4.69) is 30.6 Å². The molecule has 0 atom stereocenters. The van der Waals surface area contributed by atoms with Crippen LogP contribution in [0.25, 0.3) is 0 Å². The smallest absolute Gasteiger partial charge is 0.247 e. The van der Waals surface area contributed by atoms with Crippen LogP contribution in [0.2, 0.25) is 0 Å². The summed E-state index contributed by atoms with van der Waals surface area (Å²) < 4.78 is -0.588. The fourth-order valence-electron chi connectivity index (χ4n) is 1.07. The Labute approximate surface area is 94.9 Å². The Morgan fingerprint density at radius 1 is 1.36 bits per heavy atom. The van der Waals surface area contributed by atoms with E-state index in [-0.39, 0.29) is 5.91 Å². The van der Waals surface area contributed by atoms with E-state index in [9.17, 15) is 4.79 Å². The van der Waals surface area contributed by atoms with Gasteiger partial charge in [-0.3, -0.25) is 4.79 Å². The Bertz CT molecular complexity index is 350. The van der Waals surface area contributed by atoms with Gasteiger partial charge in [-0.15, -0.1) is 0 Å². The van der Waals surface area contributed by atoms with E-state index in [1.54, 1.807) is 0 Å². The summed E-state index contributed by atoms with van der Waals surface area (Å²) in [7, 11) is 0. The van der Waals surface area contributed by atoms with Crippen LogP contribution < -0.4 is 5.32 Å². The first-order valence-electron chi connectivity index (χ1n) is 4.25. The normalized spacial score (nSPS) is 10.4. The van der Waals surface area contributed by atoms with Crippen LogP contribution in [-0.2, 0) is 4.79 Å². The summed E-state index contributed by atoms with van der Waals surface area (Å²) in [6.07, 6.45) is 0. The third kappa shape index (κ3) is 2.96. The van der Waals surface area contributed by atoms with Crippen molar-refractivity contribution in [3.05, 3.63) is 29.3 Å². The van der Waals surface area contributed by atoms with E-state index >= 15 is 0 Å². The van der Waals surface area contributed by atoms with Crippen LogP contribution in [0, 0.1) is 13.8 Å². The number of aryl methyl sites for hydroxylation is 2. The van der Waals surface area contributed by atoms with Crippen molar-refractivity contribution in [2.75, 3.05) is 5.32 Å². The summed E-state index contributed by atoms with van der Waals surface area (Å²) in [5.74, 6) is -0.203. The monoisotopic (exact) mass is 227 g/mol. The van der Waals surface area contributed by atoms with E-state index in [0.29, 0.717) is 0 Å². The summed E-state index contributed by atoms with van der Waals surface area (Å²) in [4.78, 5) is 11.3. The van der Waals surface area contributed by atoms with Gasteiger partial charge in [0.1, 0.15) is 4.58 Å². The van der Waals surface area contributed by atoms with Gasteiger partial charge in [-0.05, 0) is 31.0 Å². The minimum absolute atomic E-state index is 0.203. The molecule has 0 aliphatic heterocycles. The Balaban J connectivity index is 2.86. The fraction of sp³-hybridized carbons (Fsp3) is 0.300.